The Hall–Kier alpha value is -1.06. The molecule has 0 spiro atoms. The van der Waals surface area contributed by atoms with Crippen LogP contribution in [0.1, 0.15) is 31.7 Å². The summed E-state index contributed by atoms with van der Waals surface area (Å²) in [5.74, 6) is 0.415. The topological polar surface area (TPSA) is 46.3 Å². The van der Waals surface area contributed by atoms with Crippen molar-refractivity contribution in [2.24, 2.45) is 11.7 Å². The van der Waals surface area contributed by atoms with Gasteiger partial charge in [-0.2, -0.15) is 0 Å². The Kier molecular flexibility index (Phi) is 6.32. The number of nitrogens with two attached hydrogens (primary N) is 1. The van der Waals surface area contributed by atoms with E-state index in [0.29, 0.717) is 6.54 Å². The molecular formula is C15H23ClN2O. The van der Waals surface area contributed by atoms with Crippen molar-refractivity contribution in [3.8, 4) is 0 Å². The maximum atomic E-state index is 12.4. The molecule has 1 aliphatic carbocycles. The van der Waals surface area contributed by atoms with Gasteiger partial charge in [0.05, 0.1) is 0 Å². The van der Waals surface area contributed by atoms with Gasteiger partial charge in [-0.25, -0.2) is 0 Å². The normalized spacial score (nSPS) is 21.8. The Balaban J connectivity index is 0.00000180. The third-order valence-electron chi connectivity index (χ3n) is 3.73. The van der Waals surface area contributed by atoms with Crippen LogP contribution in [0, 0.1) is 5.92 Å². The number of rotatable bonds is 4. The lowest BCUT2D eigenvalue weighted by molar-refractivity contribution is -0.135. The molecule has 1 aliphatic rings. The van der Waals surface area contributed by atoms with Gasteiger partial charge in [0.15, 0.2) is 0 Å². The minimum atomic E-state index is 0. The first-order valence-electron chi connectivity index (χ1n) is 6.79. The fraction of sp³-hybridized carbons (Fsp3) is 0.533. The second-order valence-electron chi connectivity index (χ2n) is 5.11. The third-order valence-corrected chi connectivity index (χ3v) is 3.73. The largest absolute Gasteiger partial charge is 0.338 e. The van der Waals surface area contributed by atoms with Gasteiger partial charge in [-0.1, -0.05) is 30.3 Å². The van der Waals surface area contributed by atoms with Crippen molar-refractivity contribution < 1.29 is 4.79 Å². The average molecular weight is 283 g/mol. The maximum Gasteiger partial charge on any atom is 0.226 e. The fourth-order valence-electron chi connectivity index (χ4n) is 2.65. The van der Waals surface area contributed by atoms with Crippen LogP contribution in [-0.2, 0) is 11.3 Å². The van der Waals surface area contributed by atoms with Gasteiger partial charge in [-0.05, 0) is 31.7 Å². The van der Waals surface area contributed by atoms with Crippen LogP contribution in [0.15, 0.2) is 30.3 Å². The van der Waals surface area contributed by atoms with Crippen molar-refractivity contribution in [3.05, 3.63) is 35.9 Å². The molecule has 2 atom stereocenters. The molecule has 0 aliphatic heterocycles. The van der Waals surface area contributed by atoms with Gasteiger partial charge in [-0.3, -0.25) is 4.79 Å². The number of benzene rings is 1. The SMILES string of the molecule is CCN(Cc1ccccc1)C(=O)C1CCC(N)C1.Cl. The van der Waals surface area contributed by atoms with Crippen molar-refractivity contribution in [1.29, 1.82) is 0 Å². The average Bonchev–Trinajstić information content (AvgIpc) is 2.83. The van der Waals surface area contributed by atoms with E-state index in [1.807, 2.05) is 30.0 Å². The number of halogens is 1. The molecule has 0 saturated heterocycles. The first-order chi connectivity index (χ1) is 8.70. The zero-order chi connectivity index (χ0) is 13.0. The van der Waals surface area contributed by atoms with E-state index in [1.165, 1.54) is 5.56 Å². The summed E-state index contributed by atoms with van der Waals surface area (Å²) >= 11 is 0. The highest BCUT2D eigenvalue weighted by atomic mass is 35.5. The second-order valence-corrected chi connectivity index (χ2v) is 5.11. The Morgan fingerprint density at radius 2 is 2.00 bits per heavy atom. The van der Waals surface area contributed by atoms with E-state index in [4.69, 9.17) is 5.73 Å². The number of carbonyl (C=O) groups excluding carboxylic acids is 1. The van der Waals surface area contributed by atoms with Crippen molar-refractivity contribution in [2.75, 3.05) is 6.54 Å². The van der Waals surface area contributed by atoms with Crippen LogP contribution in [0.25, 0.3) is 0 Å². The fourth-order valence-corrected chi connectivity index (χ4v) is 2.65. The summed E-state index contributed by atoms with van der Waals surface area (Å²) in [4.78, 5) is 14.3. The molecule has 1 saturated carbocycles. The van der Waals surface area contributed by atoms with E-state index in [0.717, 1.165) is 25.8 Å². The molecule has 2 rings (SSSR count). The van der Waals surface area contributed by atoms with Crippen molar-refractivity contribution >= 4 is 18.3 Å². The second kappa shape index (κ2) is 7.51. The molecule has 1 fully saturated rings. The third kappa shape index (κ3) is 4.22. The van der Waals surface area contributed by atoms with E-state index < -0.39 is 0 Å². The van der Waals surface area contributed by atoms with Gasteiger partial charge >= 0.3 is 0 Å². The molecule has 2 N–H and O–H groups in total. The van der Waals surface area contributed by atoms with Gasteiger partial charge < -0.3 is 10.6 Å². The first kappa shape index (κ1) is 16.0. The molecule has 19 heavy (non-hydrogen) atoms. The highest BCUT2D eigenvalue weighted by Crippen LogP contribution is 2.26. The lowest BCUT2D eigenvalue weighted by Crippen LogP contribution is -2.35. The molecule has 0 heterocycles. The zero-order valence-electron chi connectivity index (χ0n) is 11.4. The van der Waals surface area contributed by atoms with E-state index in [1.54, 1.807) is 0 Å². The molecule has 106 valence electrons. The number of carbonyl (C=O) groups is 1. The van der Waals surface area contributed by atoms with E-state index in [2.05, 4.69) is 12.1 Å². The smallest absolute Gasteiger partial charge is 0.226 e. The van der Waals surface area contributed by atoms with Crippen LogP contribution in [0.4, 0.5) is 0 Å². The Morgan fingerprint density at radius 1 is 1.32 bits per heavy atom. The molecule has 0 aromatic heterocycles. The van der Waals surface area contributed by atoms with Crippen LogP contribution < -0.4 is 5.73 Å². The van der Waals surface area contributed by atoms with Crippen LogP contribution in [0.2, 0.25) is 0 Å². The quantitative estimate of drug-likeness (QED) is 0.923. The van der Waals surface area contributed by atoms with E-state index in [9.17, 15) is 4.79 Å². The summed E-state index contributed by atoms with van der Waals surface area (Å²) in [6, 6.07) is 10.4. The Labute approximate surface area is 121 Å². The Bertz CT molecular complexity index is 396. The lowest BCUT2D eigenvalue weighted by atomic mass is 10.1. The Morgan fingerprint density at radius 3 is 2.53 bits per heavy atom. The van der Waals surface area contributed by atoms with Crippen LogP contribution >= 0.6 is 12.4 Å². The summed E-state index contributed by atoms with van der Waals surface area (Å²) < 4.78 is 0. The summed E-state index contributed by atoms with van der Waals surface area (Å²) in [6.07, 6.45) is 2.79. The standard InChI is InChI=1S/C15H22N2O.ClH/c1-2-17(11-12-6-4-3-5-7-12)15(18)13-8-9-14(16)10-13;/h3-7,13-14H,2,8-11,16H2,1H3;1H. The molecule has 1 amide bonds. The summed E-state index contributed by atoms with van der Waals surface area (Å²) in [5, 5.41) is 0. The first-order valence-corrected chi connectivity index (χ1v) is 6.79. The van der Waals surface area contributed by atoms with Gasteiger partial charge in [0.25, 0.3) is 0 Å². The molecule has 1 aromatic rings. The van der Waals surface area contributed by atoms with Crippen LogP contribution in [0.5, 0.6) is 0 Å². The molecule has 3 nitrogen and oxygen atoms in total. The highest BCUT2D eigenvalue weighted by Gasteiger charge is 2.30. The van der Waals surface area contributed by atoms with Gasteiger partial charge in [0, 0.05) is 25.0 Å². The molecular weight excluding hydrogens is 260 g/mol. The summed E-state index contributed by atoms with van der Waals surface area (Å²) in [7, 11) is 0. The predicted molar refractivity (Wildman–Crippen MR) is 80.1 cm³/mol. The number of amides is 1. The zero-order valence-corrected chi connectivity index (χ0v) is 12.2. The molecule has 1 aromatic carbocycles. The van der Waals surface area contributed by atoms with E-state index in [-0.39, 0.29) is 30.3 Å². The molecule has 2 unspecified atom stereocenters. The van der Waals surface area contributed by atoms with E-state index >= 15 is 0 Å². The van der Waals surface area contributed by atoms with Gasteiger partial charge in [0.2, 0.25) is 5.91 Å². The number of hydrogen-bond acceptors (Lipinski definition) is 2. The summed E-state index contributed by atoms with van der Waals surface area (Å²) in [6.45, 7) is 3.51. The van der Waals surface area contributed by atoms with Gasteiger partial charge in [0.1, 0.15) is 0 Å². The van der Waals surface area contributed by atoms with Crippen molar-refractivity contribution in [3.63, 3.8) is 0 Å². The lowest BCUT2D eigenvalue weighted by Gasteiger charge is -2.24. The predicted octanol–water partition coefficient (Wildman–Crippen LogP) is 2.58. The monoisotopic (exact) mass is 282 g/mol. The minimum Gasteiger partial charge on any atom is -0.338 e. The maximum absolute atomic E-state index is 12.4. The number of nitrogens with zero attached hydrogens (tertiary/aromatic N) is 1. The summed E-state index contributed by atoms with van der Waals surface area (Å²) in [5.41, 5.74) is 7.08. The minimum absolute atomic E-state index is 0. The molecule has 0 bridgehead atoms. The molecule has 4 heteroatoms. The van der Waals surface area contributed by atoms with Crippen LogP contribution in [-0.4, -0.2) is 23.4 Å². The van der Waals surface area contributed by atoms with Gasteiger partial charge in [-0.15, -0.1) is 12.4 Å². The highest BCUT2D eigenvalue weighted by molar-refractivity contribution is 5.85. The van der Waals surface area contributed by atoms with Crippen LogP contribution in [0.3, 0.4) is 0 Å². The van der Waals surface area contributed by atoms with Crippen molar-refractivity contribution in [2.45, 2.75) is 38.8 Å². The molecule has 0 radical (unpaired) electrons. The number of hydrogen-bond donors (Lipinski definition) is 1. The van der Waals surface area contributed by atoms with Crippen molar-refractivity contribution in [1.82, 2.24) is 4.90 Å².